The van der Waals surface area contributed by atoms with Crippen molar-refractivity contribution in [2.24, 2.45) is 0 Å². The van der Waals surface area contributed by atoms with E-state index in [0.29, 0.717) is 5.56 Å². The number of aryl methyl sites for hydroxylation is 1. The van der Waals surface area contributed by atoms with Crippen LogP contribution >= 0.6 is 0 Å². The van der Waals surface area contributed by atoms with Crippen LogP contribution in [0.4, 0.5) is 0 Å². The Morgan fingerprint density at radius 3 is 2.88 bits per heavy atom. The van der Waals surface area contributed by atoms with Crippen LogP contribution in [0.5, 0.6) is 0 Å². The molecule has 0 saturated heterocycles. The van der Waals surface area contributed by atoms with Gasteiger partial charge in [-0.2, -0.15) is 5.10 Å². The molecular formula is C11H15N5O. The summed E-state index contributed by atoms with van der Waals surface area (Å²) in [4.78, 5) is 19.2. The monoisotopic (exact) mass is 233 g/mol. The van der Waals surface area contributed by atoms with E-state index < -0.39 is 0 Å². The van der Waals surface area contributed by atoms with Crippen LogP contribution in [-0.4, -0.2) is 26.1 Å². The fourth-order valence-electron chi connectivity index (χ4n) is 1.59. The fraction of sp³-hybridized carbons (Fsp3) is 0.364. The first kappa shape index (κ1) is 11.4. The van der Waals surface area contributed by atoms with Gasteiger partial charge >= 0.3 is 0 Å². The number of hydrogen-bond donors (Lipinski definition) is 3. The van der Waals surface area contributed by atoms with E-state index in [9.17, 15) is 4.79 Å². The normalized spacial score (nSPS) is 12.4. The highest BCUT2D eigenvalue weighted by atomic mass is 16.1. The van der Waals surface area contributed by atoms with Crippen molar-refractivity contribution in [2.45, 2.75) is 26.3 Å². The van der Waals surface area contributed by atoms with Gasteiger partial charge in [-0.15, -0.1) is 0 Å². The first-order chi connectivity index (χ1) is 8.20. The molecule has 6 heteroatoms. The number of hydrogen-bond acceptors (Lipinski definition) is 3. The number of aromatic amines is 2. The first-order valence-electron chi connectivity index (χ1n) is 5.52. The zero-order valence-electron chi connectivity index (χ0n) is 9.82. The molecule has 0 radical (unpaired) electrons. The van der Waals surface area contributed by atoms with Gasteiger partial charge in [-0.05, 0) is 13.3 Å². The number of nitrogens with zero attached hydrogens (tertiary/aromatic N) is 2. The topological polar surface area (TPSA) is 86.5 Å². The van der Waals surface area contributed by atoms with Crippen molar-refractivity contribution in [1.29, 1.82) is 0 Å². The second-order valence-corrected chi connectivity index (χ2v) is 3.87. The molecular weight excluding hydrogens is 218 g/mol. The Morgan fingerprint density at radius 2 is 2.35 bits per heavy atom. The Morgan fingerprint density at radius 1 is 1.53 bits per heavy atom. The molecule has 17 heavy (non-hydrogen) atoms. The van der Waals surface area contributed by atoms with Crippen LogP contribution < -0.4 is 5.32 Å². The van der Waals surface area contributed by atoms with Gasteiger partial charge in [0, 0.05) is 18.1 Å². The molecule has 2 aromatic heterocycles. The van der Waals surface area contributed by atoms with Gasteiger partial charge in [0.05, 0.1) is 17.8 Å². The van der Waals surface area contributed by atoms with Crippen LogP contribution in [0, 0.1) is 6.92 Å². The fourth-order valence-corrected chi connectivity index (χ4v) is 1.59. The predicted octanol–water partition coefficient (Wildman–Crippen LogP) is 1.32. The largest absolute Gasteiger partial charge is 0.344 e. The number of rotatable bonds is 4. The van der Waals surface area contributed by atoms with Crippen molar-refractivity contribution in [3.8, 4) is 0 Å². The number of H-pyrrole nitrogens is 2. The minimum atomic E-state index is -0.153. The molecule has 1 amide bonds. The molecule has 1 unspecified atom stereocenters. The number of carbonyl (C=O) groups is 1. The molecule has 0 aliphatic heterocycles. The van der Waals surface area contributed by atoms with Crippen molar-refractivity contribution >= 4 is 5.91 Å². The summed E-state index contributed by atoms with van der Waals surface area (Å²) in [6.07, 6.45) is 5.59. The van der Waals surface area contributed by atoms with Crippen molar-refractivity contribution in [3.05, 3.63) is 35.7 Å². The molecule has 0 aliphatic rings. The molecule has 1 atom stereocenters. The molecule has 2 heterocycles. The minimum Gasteiger partial charge on any atom is -0.344 e. The molecule has 0 aliphatic carbocycles. The van der Waals surface area contributed by atoms with Crippen molar-refractivity contribution in [1.82, 2.24) is 25.5 Å². The van der Waals surface area contributed by atoms with Gasteiger partial charge in [-0.25, -0.2) is 4.98 Å². The summed E-state index contributed by atoms with van der Waals surface area (Å²) in [5.41, 5.74) is 1.50. The average molecular weight is 233 g/mol. The summed E-state index contributed by atoms with van der Waals surface area (Å²) >= 11 is 0. The Hall–Kier alpha value is -2.11. The van der Waals surface area contributed by atoms with E-state index >= 15 is 0 Å². The van der Waals surface area contributed by atoms with E-state index in [1.807, 2.05) is 13.8 Å². The third-order valence-electron chi connectivity index (χ3n) is 2.53. The van der Waals surface area contributed by atoms with Crippen LogP contribution in [0.2, 0.25) is 0 Å². The van der Waals surface area contributed by atoms with Gasteiger partial charge in [0.25, 0.3) is 5.91 Å². The molecule has 0 aromatic carbocycles. The lowest BCUT2D eigenvalue weighted by atomic mass is 10.2. The van der Waals surface area contributed by atoms with Crippen LogP contribution in [0.1, 0.15) is 41.3 Å². The SMILES string of the molecule is CCC(NC(=O)c1cn[nH]c1)c1ncc(C)[nH]1. The van der Waals surface area contributed by atoms with E-state index in [2.05, 4.69) is 25.5 Å². The summed E-state index contributed by atoms with van der Waals surface area (Å²) in [6, 6.07) is -0.105. The van der Waals surface area contributed by atoms with E-state index in [0.717, 1.165) is 17.9 Å². The second kappa shape index (κ2) is 4.82. The number of nitrogens with one attached hydrogen (secondary N) is 3. The van der Waals surface area contributed by atoms with Crippen LogP contribution in [0.15, 0.2) is 18.6 Å². The van der Waals surface area contributed by atoms with Gasteiger partial charge in [-0.3, -0.25) is 9.89 Å². The standard InChI is InChI=1S/C11H15N5O/c1-3-9(10-12-4-7(2)15-10)16-11(17)8-5-13-14-6-8/h4-6,9H,3H2,1-2H3,(H,12,15)(H,13,14)(H,16,17). The van der Waals surface area contributed by atoms with Crippen molar-refractivity contribution in [2.75, 3.05) is 0 Å². The molecule has 0 fully saturated rings. The summed E-state index contributed by atoms with van der Waals surface area (Å²) in [6.45, 7) is 3.93. The van der Waals surface area contributed by atoms with Crippen LogP contribution in [0.3, 0.4) is 0 Å². The van der Waals surface area contributed by atoms with Gasteiger partial charge in [0.2, 0.25) is 0 Å². The Balaban J connectivity index is 2.08. The van der Waals surface area contributed by atoms with Gasteiger partial charge in [0.15, 0.2) is 0 Å². The van der Waals surface area contributed by atoms with Crippen molar-refractivity contribution < 1.29 is 4.79 Å². The first-order valence-corrected chi connectivity index (χ1v) is 5.52. The van der Waals surface area contributed by atoms with Gasteiger partial charge in [-0.1, -0.05) is 6.92 Å². The van der Waals surface area contributed by atoms with Crippen LogP contribution in [0.25, 0.3) is 0 Å². The Kier molecular flexibility index (Phi) is 3.22. The average Bonchev–Trinajstić information content (AvgIpc) is 2.96. The summed E-state index contributed by atoms with van der Waals surface area (Å²) in [5.74, 6) is 0.626. The van der Waals surface area contributed by atoms with E-state index in [-0.39, 0.29) is 11.9 Å². The molecule has 0 spiro atoms. The maximum Gasteiger partial charge on any atom is 0.255 e. The molecule has 0 saturated carbocycles. The highest BCUT2D eigenvalue weighted by Gasteiger charge is 2.16. The quantitative estimate of drug-likeness (QED) is 0.744. The number of carbonyl (C=O) groups excluding carboxylic acids is 1. The zero-order valence-corrected chi connectivity index (χ0v) is 9.82. The lowest BCUT2D eigenvalue weighted by Gasteiger charge is -2.13. The zero-order chi connectivity index (χ0) is 12.3. The van der Waals surface area contributed by atoms with Gasteiger partial charge in [0.1, 0.15) is 5.82 Å². The summed E-state index contributed by atoms with van der Waals surface area (Å²) < 4.78 is 0. The molecule has 3 N–H and O–H groups in total. The number of amides is 1. The molecule has 2 aromatic rings. The highest BCUT2D eigenvalue weighted by molar-refractivity contribution is 5.93. The maximum atomic E-state index is 11.8. The Labute approximate surface area is 98.9 Å². The minimum absolute atomic E-state index is 0.105. The number of aromatic nitrogens is 4. The molecule has 2 rings (SSSR count). The summed E-state index contributed by atoms with van der Waals surface area (Å²) in [5, 5.41) is 9.26. The van der Waals surface area contributed by atoms with E-state index in [4.69, 9.17) is 0 Å². The highest BCUT2D eigenvalue weighted by Crippen LogP contribution is 2.13. The Bertz CT molecular complexity index is 488. The van der Waals surface area contributed by atoms with Crippen molar-refractivity contribution in [3.63, 3.8) is 0 Å². The van der Waals surface area contributed by atoms with Gasteiger partial charge < -0.3 is 10.3 Å². The lowest BCUT2D eigenvalue weighted by molar-refractivity contribution is 0.0934. The second-order valence-electron chi connectivity index (χ2n) is 3.87. The van der Waals surface area contributed by atoms with E-state index in [1.165, 1.54) is 6.20 Å². The third kappa shape index (κ3) is 2.52. The summed E-state index contributed by atoms with van der Waals surface area (Å²) in [7, 11) is 0. The smallest absolute Gasteiger partial charge is 0.255 e. The maximum absolute atomic E-state index is 11.8. The third-order valence-corrected chi connectivity index (χ3v) is 2.53. The number of imidazole rings is 1. The molecule has 0 bridgehead atoms. The van der Waals surface area contributed by atoms with E-state index in [1.54, 1.807) is 12.4 Å². The lowest BCUT2D eigenvalue weighted by Crippen LogP contribution is -2.28. The predicted molar refractivity (Wildman–Crippen MR) is 62.4 cm³/mol. The van der Waals surface area contributed by atoms with Crippen LogP contribution in [-0.2, 0) is 0 Å². The molecule has 6 nitrogen and oxygen atoms in total. The molecule has 90 valence electrons.